The summed E-state index contributed by atoms with van der Waals surface area (Å²) in [7, 11) is 1.53. The molecule has 176 valence electrons. The number of hydrogen-bond donors (Lipinski definition) is 0. The summed E-state index contributed by atoms with van der Waals surface area (Å²) in [6.07, 6.45) is 0.132. The molecule has 0 N–H and O–H groups in total. The van der Waals surface area contributed by atoms with Crippen LogP contribution in [0.2, 0.25) is 0 Å². The quantitative estimate of drug-likeness (QED) is 0.422. The van der Waals surface area contributed by atoms with E-state index in [1.165, 1.54) is 19.2 Å². The molecule has 0 saturated carbocycles. The van der Waals surface area contributed by atoms with Crippen molar-refractivity contribution >= 4 is 0 Å². The van der Waals surface area contributed by atoms with E-state index >= 15 is 0 Å². The summed E-state index contributed by atoms with van der Waals surface area (Å²) < 4.78 is 52.2. The minimum Gasteiger partial charge on any atom is -0.479 e. The van der Waals surface area contributed by atoms with Gasteiger partial charge in [0.15, 0.2) is 5.82 Å². The lowest BCUT2D eigenvalue weighted by molar-refractivity contribution is -0.275. The zero-order valence-corrected chi connectivity index (χ0v) is 18.5. The molecular formula is C23H21F3N6O2. The van der Waals surface area contributed by atoms with E-state index in [4.69, 9.17) is 4.74 Å². The Labute approximate surface area is 193 Å². The number of fused-ring (bicyclic) bond motifs is 1. The molecule has 34 heavy (non-hydrogen) atoms. The second-order valence-corrected chi connectivity index (χ2v) is 7.94. The maximum Gasteiger partial charge on any atom is 0.573 e. The first-order valence-corrected chi connectivity index (χ1v) is 10.7. The number of pyridine rings is 1. The second kappa shape index (κ2) is 8.47. The monoisotopic (exact) mass is 470 g/mol. The highest BCUT2D eigenvalue weighted by atomic mass is 19.4. The molecule has 1 aliphatic heterocycles. The minimum absolute atomic E-state index is 0.224. The Hall–Kier alpha value is -3.89. The van der Waals surface area contributed by atoms with Crippen LogP contribution >= 0.6 is 0 Å². The van der Waals surface area contributed by atoms with E-state index in [2.05, 4.69) is 24.8 Å². The molecule has 0 aliphatic carbocycles. The van der Waals surface area contributed by atoms with Gasteiger partial charge in [0.05, 0.1) is 19.1 Å². The molecule has 1 aliphatic rings. The lowest BCUT2D eigenvalue weighted by atomic mass is 9.90. The minimum atomic E-state index is -4.78. The van der Waals surface area contributed by atoms with Crippen LogP contribution in [0.5, 0.6) is 11.6 Å². The standard InChI is InChI=1S/C23H21F3N6O2/c1-14-12-31(13-27-14)18-10-9-17(28-22(18)33-2)20-29-21-16(7-5-11-32(21)30-20)15-6-3-4-8-19(15)34-23(24,25)26/h3-4,6,8-10,12-13,16H,5,7,11H2,1-2H3/t16-/m0/s1. The molecule has 0 radical (unpaired) electrons. The molecule has 0 saturated heterocycles. The van der Waals surface area contributed by atoms with Gasteiger partial charge in [0.2, 0.25) is 5.88 Å². The Kier molecular flexibility index (Phi) is 5.46. The fraction of sp³-hybridized carbons (Fsp3) is 0.304. The molecular weight excluding hydrogens is 449 g/mol. The SMILES string of the molecule is COc1nc(-c2nc3n(n2)CCC[C@H]3c2ccccc2OC(F)(F)F)ccc1-n1cnc(C)c1. The van der Waals surface area contributed by atoms with E-state index in [1.807, 2.05) is 23.8 Å². The average molecular weight is 470 g/mol. The third kappa shape index (κ3) is 4.20. The number of ether oxygens (including phenoxy) is 2. The molecule has 4 aromatic rings. The van der Waals surface area contributed by atoms with Crippen LogP contribution in [0.3, 0.4) is 0 Å². The van der Waals surface area contributed by atoms with Gasteiger partial charge in [-0.25, -0.2) is 19.6 Å². The lowest BCUT2D eigenvalue weighted by Gasteiger charge is -2.24. The van der Waals surface area contributed by atoms with Crippen molar-refractivity contribution in [1.82, 2.24) is 29.3 Å². The van der Waals surface area contributed by atoms with Gasteiger partial charge in [-0.3, -0.25) is 0 Å². The highest BCUT2D eigenvalue weighted by Crippen LogP contribution is 2.39. The van der Waals surface area contributed by atoms with Crippen molar-refractivity contribution in [3.63, 3.8) is 0 Å². The molecule has 11 heteroatoms. The van der Waals surface area contributed by atoms with E-state index in [0.717, 1.165) is 12.1 Å². The summed E-state index contributed by atoms with van der Waals surface area (Å²) in [5.74, 6) is 0.724. The smallest absolute Gasteiger partial charge is 0.479 e. The molecule has 0 amide bonds. The molecule has 0 spiro atoms. The Morgan fingerprint density at radius 3 is 2.65 bits per heavy atom. The van der Waals surface area contributed by atoms with Gasteiger partial charge in [0.1, 0.15) is 23.0 Å². The van der Waals surface area contributed by atoms with Crippen LogP contribution < -0.4 is 9.47 Å². The largest absolute Gasteiger partial charge is 0.573 e. The summed E-state index contributed by atoms with van der Waals surface area (Å²) in [5, 5.41) is 4.59. The molecule has 1 atom stereocenters. The molecule has 1 aromatic carbocycles. The Morgan fingerprint density at radius 1 is 1.09 bits per heavy atom. The fourth-order valence-electron chi connectivity index (χ4n) is 4.20. The third-order valence-electron chi connectivity index (χ3n) is 5.65. The Morgan fingerprint density at radius 2 is 1.91 bits per heavy atom. The number of methoxy groups -OCH3 is 1. The van der Waals surface area contributed by atoms with Crippen molar-refractivity contribution < 1.29 is 22.6 Å². The van der Waals surface area contributed by atoms with Crippen LogP contribution in [0.25, 0.3) is 17.2 Å². The van der Waals surface area contributed by atoms with Gasteiger partial charge in [0, 0.05) is 24.2 Å². The van der Waals surface area contributed by atoms with E-state index in [1.54, 1.807) is 29.2 Å². The Balaban J connectivity index is 1.52. The van der Waals surface area contributed by atoms with Gasteiger partial charge in [-0.05, 0) is 38.0 Å². The number of aromatic nitrogens is 6. The van der Waals surface area contributed by atoms with Crippen LogP contribution in [-0.2, 0) is 6.54 Å². The predicted octanol–water partition coefficient (Wildman–Crippen LogP) is 4.67. The van der Waals surface area contributed by atoms with E-state index in [9.17, 15) is 13.2 Å². The van der Waals surface area contributed by atoms with Crippen molar-refractivity contribution in [3.8, 4) is 28.8 Å². The second-order valence-electron chi connectivity index (χ2n) is 7.94. The highest BCUT2D eigenvalue weighted by Gasteiger charge is 2.35. The van der Waals surface area contributed by atoms with E-state index < -0.39 is 6.36 Å². The summed E-state index contributed by atoms with van der Waals surface area (Å²) in [6, 6.07) is 9.79. The topological polar surface area (TPSA) is 79.9 Å². The maximum absolute atomic E-state index is 13.0. The third-order valence-corrected chi connectivity index (χ3v) is 5.65. The van der Waals surface area contributed by atoms with Gasteiger partial charge >= 0.3 is 6.36 Å². The first-order valence-electron chi connectivity index (χ1n) is 10.7. The molecule has 0 fully saturated rings. The zero-order chi connectivity index (χ0) is 23.9. The number of imidazole rings is 1. The predicted molar refractivity (Wildman–Crippen MR) is 116 cm³/mol. The van der Waals surface area contributed by atoms with Crippen molar-refractivity contribution in [1.29, 1.82) is 0 Å². The molecule has 5 rings (SSSR count). The lowest BCUT2D eigenvalue weighted by Crippen LogP contribution is -2.21. The van der Waals surface area contributed by atoms with Gasteiger partial charge in [0.25, 0.3) is 0 Å². The number of benzene rings is 1. The number of aryl methyl sites for hydroxylation is 2. The fourth-order valence-corrected chi connectivity index (χ4v) is 4.20. The van der Waals surface area contributed by atoms with Crippen molar-refractivity contribution in [2.45, 2.75) is 38.6 Å². The van der Waals surface area contributed by atoms with Gasteiger partial charge in [-0.15, -0.1) is 18.3 Å². The summed E-state index contributed by atoms with van der Waals surface area (Å²) in [6.45, 7) is 2.50. The molecule has 0 unspecified atom stereocenters. The number of nitrogens with zero attached hydrogens (tertiary/aromatic N) is 6. The number of para-hydroxylation sites is 1. The normalized spacial score (nSPS) is 15.7. The number of hydrogen-bond acceptors (Lipinski definition) is 6. The number of rotatable bonds is 5. The summed E-state index contributed by atoms with van der Waals surface area (Å²) >= 11 is 0. The highest BCUT2D eigenvalue weighted by molar-refractivity contribution is 5.56. The van der Waals surface area contributed by atoms with Crippen molar-refractivity contribution in [2.75, 3.05) is 7.11 Å². The first-order chi connectivity index (χ1) is 16.3. The van der Waals surface area contributed by atoms with Crippen LogP contribution in [0.4, 0.5) is 13.2 Å². The first kappa shape index (κ1) is 21.9. The van der Waals surface area contributed by atoms with Crippen LogP contribution in [0.1, 0.15) is 35.8 Å². The van der Waals surface area contributed by atoms with Crippen molar-refractivity contribution in [2.24, 2.45) is 0 Å². The van der Waals surface area contributed by atoms with Gasteiger partial charge in [-0.2, -0.15) is 0 Å². The van der Waals surface area contributed by atoms with Gasteiger partial charge < -0.3 is 14.0 Å². The molecule has 0 bridgehead atoms. The average Bonchev–Trinajstić information content (AvgIpc) is 3.44. The molecule has 8 nitrogen and oxygen atoms in total. The van der Waals surface area contributed by atoms with Crippen molar-refractivity contribution in [3.05, 3.63) is 66.0 Å². The van der Waals surface area contributed by atoms with E-state index in [0.29, 0.717) is 47.4 Å². The van der Waals surface area contributed by atoms with Crippen LogP contribution in [0, 0.1) is 6.92 Å². The number of alkyl halides is 3. The van der Waals surface area contributed by atoms with E-state index in [-0.39, 0.29) is 11.7 Å². The van der Waals surface area contributed by atoms with Gasteiger partial charge in [-0.1, -0.05) is 18.2 Å². The molecule has 3 aromatic heterocycles. The zero-order valence-electron chi connectivity index (χ0n) is 18.5. The van der Waals surface area contributed by atoms with Crippen LogP contribution in [-0.4, -0.2) is 42.8 Å². The summed E-state index contributed by atoms with van der Waals surface area (Å²) in [4.78, 5) is 13.5. The maximum atomic E-state index is 13.0. The summed E-state index contributed by atoms with van der Waals surface area (Å²) in [5.41, 5.74) is 2.50. The van der Waals surface area contributed by atoms with Crippen LogP contribution in [0.15, 0.2) is 48.9 Å². The Bertz CT molecular complexity index is 1330. The number of halogens is 3. The molecule has 4 heterocycles.